The molecule has 0 aliphatic carbocycles. The smallest absolute Gasteiger partial charge is 0.326 e. The van der Waals surface area contributed by atoms with Crippen LogP contribution in [0.15, 0.2) is 24.3 Å². The number of carboxylic acid groups (broad SMARTS) is 1. The number of rotatable bonds is 8. The summed E-state index contributed by atoms with van der Waals surface area (Å²) in [6, 6.07) is 5.78. The minimum absolute atomic E-state index is 0.0817. The Labute approximate surface area is 156 Å². The van der Waals surface area contributed by atoms with Crippen molar-refractivity contribution in [3.8, 4) is 0 Å². The van der Waals surface area contributed by atoms with E-state index in [1.165, 1.54) is 4.90 Å². The maximum absolute atomic E-state index is 12.5. The number of carboxylic acids is 1. The summed E-state index contributed by atoms with van der Waals surface area (Å²) >= 11 is 0. The Morgan fingerprint density at radius 2 is 2.00 bits per heavy atom. The number of nitrogens with zero attached hydrogens (tertiary/aromatic N) is 1. The first-order valence-electron chi connectivity index (χ1n) is 8.95. The molecule has 6 nitrogen and oxygen atoms in total. The lowest BCUT2D eigenvalue weighted by atomic mass is 9.96. The van der Waals surface area contributed by atoms with Crippen LogP contribution in [-0.2, 0) is 14.4 Å². The van der Waals surface area contributed by atoms with Crippen molar-refractivity contribution >= 4 is 23.5 Å². The van der Waals surface area contributed by atoms with Crippen molar-refractivity contribution in [2.24, 2.45) is 5.92 Å². The molecule has 1 aliphatic heterocycles. The van der Waals surface area contributed by atoms with Crippen LogP contribution in [0.1, 0.15) is 44.6 Å². The summed E-state index contributed by atoms with van der Waals surface area (Å²) < 4.78 is 25.0. The van der Waals surface area contributed by atoms with E-state index in [1.807, 2.05) is 38.1 Å². The average Bonchev–Trinajstić information content (AvgIpc) is 3.01. The summed E-state index contributed by atoms with van der Waals surface area (Å²) in [4.78, 5) is 37.4. The van der Waals surface area contributed by atoms with E-state index < -0.39 is 36.7 Å². The molecule has 0 bridgehead atoms. The predicted molar refractivity (Wildman–Crippen MR) is 95.8 cm³/mol. The van der Waals surface area contributed by atoms with Crippen molar-refractivity contribution in [1.82, 2.24) is 5.32 Å². The molecule has 2 amide bonds. The Balaban J connectivity index is 2.13. The van der Waals surface area contributed by atoms with Crippen molar-refractivity contribution in [2.45, 2.75) is 51.5 Å². The number of carbonyl (C=O) groups is 3. The van der Waals surface area contributed by atoms with Gasteiger partial charge in [-0.05, 0) is 24.0 Å². The monoisotopic (exact) mass is 382 g/mol. The van der Waals surface area contributed by atoms with E-state index in [9.17, 15) is 23.2 Å². The first-order valence-corrected chi connectivity index (χ1v) is 8.95. The molecule has 1 heterocycles. The molecular formula is C19H24F2N2O4. The van der Waals surface area contributed by atoms with Crippen LogP contribution in [0.5, 0.6) is 0 Å². The summed E-state index contributed by atoms with van der Waals surface area (Å²) in [5, 5.41) is 11.1. The van der Waals surface area contributed by atoms with E-state index >= 15 is 0 Å². The Morgan fingerprint density at radius 1 is 1.33 bits per heavy atom. The Kier molecular flexibility index (Phi) is 6.87. The van der Waals surface area contributed by atoms with E-state index in [2.05, 4.69) is 5.32 Å². The Morgan fingerprint density at radius 3 is 2.59 bits per heavy atom. The zero-order chi connectivity index (χ0) is 20.1. The topological polar surface area (TPSA) is 86.7 Å². The number of aliphatic carboxylic acids is 1. The fraction of sp³-hybridized carbons (Fsp3) is 0.526. The fourth-order valence-corrected chi connectivity index (χ4v) is 3.18. The predicted octanol–water partition coefficient (Wildman–Crippen LogP) is 2.78. The molecule has 1 aromatic carbocycles. The van der Waals surface area contributed by atoms with Gasteiger partial charge in [0.25, 0.3) is 0 Å². The number of nitrogens with one attached hydrogen (secondary N) is 1. The number of carbonyl (C=O) groups excluding carboxylic acids is 2. The molecule has 0 saturated carbocycles. The summed E-state index contributed by atoms with van der Waals surface area (Å²) in [6.45, 7) is 4.18. The van der Waals surface area contributed by atoms with Crippen LogP contribution in [0, 0.1) is 5.92 Å². The SMILES string of the molecule is CCC(C)c1ccccc1N1CC(C(=O)NC(CC(F)F)C(=O)O)CC1=O. The van der Waals surface area contributed by atoms with E-state index in [1.54, 1.807) is 0 Å². The van der Waals surface area contributed by atoms with Crippen LogP contribution < -0.4 is 10.2 Å². The van der Waals surface area contributed by atoms with Gasteiger partial charge in [0.1, 0.15) is 6.04 Å². The number of para-hydroxylation sites is 1. The number of amides is 2. The number of alkyl halides is 2. The molecule has 3 unspecified atom stereocenters. The van der Waals surface area contributed by atoms with E-state index in [-0.39, 0.29) is 24.8 Å². The first-order chi connectivity index (χ1) is 12.7. The maximum atomic E-state index is 12.5. The van der Waals surface area contributed by atoms with E-state index in [4.69, 9.17) is 5.11 Å². The quantitative estimate of drug-likeness (QED) is 0.724. The second-order valence-electron chi connectivity index (χ2n) is 6.80. The largest absolute Gasteiger partial charge is 0.480 e. The lowest BCUT2D eigenvalue weighted by Gasteiger charge is -2.23. The second-order valence-corrected chi connectivity index (χ2v) is 6.80. The van der Waals surface area contributed by atoms with Crippen LogP contribution in [0.25, 0.3) is 0 Å². The lowest BCUT2D eigenvalue weighted by molar-refractivity contribution is -0.143. The number of benzene rings is 1. The molecule has 2 N–H and O–H groups in total. The van der Waals surface area contributed by atoms with Gasteiger partial charge < -0.3 is 15.3 Å². The molecule has 2 rings (SSSR count). The van der Waals surface area contributed by atoms with Crippen LogP contribution >= 0.6 is 0 Å². The molecule has 1 saturated heterocycles. The van der Waals surface area contributed by atoms with Crippen molar-refractivity contribution < 1.29 is 28.3 Å². The summed E-state index contributed by atoms with van der Waals surface area (Å²) in [5.41, 5.74) is 1.73. The van der Waals surface area contributed by atoms with Gasteiger partial charge in [0.15, 0.2) is 0 Å². The van der Waals surface area contributed by atoms with Crippen LogP contribution in [-0.4, -0.2) is 41.9 Å². The van der Waals surface area contributed by atoms with Gasteiger partial charge in [0.2, 0.25) is 18.2 Å². The third-order valence-electron chi connectivity index (χ3n) is 4.90. The zero-order valence-corrected chi connectivity index (χ0v) is 15.3. The Hall–Kier alpha value is -2.51. The molecule has 1 aromatic rings. The Bertz CT molecular complexity index is 711. The normalized spacial score (nSPS) is 19.2. The van der Waals surface area contributed by atoms with Crippen molar-refractivity contribution in [3.63, 3.8) is 0 Å². The van der Waals surface area contributed by atoms with Gasteiger partial charge in [-0.25, -0.2) is 13.6 Å². The van der Waals surface area contributed by atoms with Gasteiger partial charge >= 0.3 is 5.97 Å². The molecule has 0 radical (unpaired) electrons. The van der Waals surface area contributed by atoms with Crippen molar-refractivity contribution in [3.05, 3.63) is 29.8 Å². The molecule has 148 valence electrons. The summed E-state index contributed by atoms with van der Waals surface area (Å²) in [6.07, 6.45) is -3.02. The number of halogens is 2. The van der Waals surface area contributed by atoms with Crippen molar-refractivity contribution in [2.75, 3.05) is 11.4 Å². The van der Waals surface area contributed by atoms with Crippen LogP contribution in [0.4, 0.5) is 14.5 Å². The van der Waals surface area contributed by atoms with Gasteiger partial charge in [0.05, 0.1) is 5.92 Å². The number of hydrogen-bond acceptors (Lipinski definition) is 3. The van der Waals surface area contributed by atoms with Gasteiger partial charge in [-0.2, -0.15) is 0 Å². The molecule has 1 fully saturated rings. The highest BCUT2D eigenvalue weighted by Crippen LogP contribution is 2.33. The third kappa shape index (κ3) is 5.02. The summed E-state index contributed by atoms with van der Waals surface area (Å²) in [7, 11) is 0. The minimum Gasteiger partial charge on any atom is -0.480 e. The van der Waals surface area contributed by atoms with Gasteiger partial charge in [0, 0.05) is 25.1 Å². The average molecular weight is 382 g/mol. The van der Waals surface area contributed by atoms with E-state index in [0.717, 1.165) is 17.7 Å². The molecule has 3 atom stereocenters. The summed E-state index contributed by atoms with van der Waals surface area (Å²) in [5.74, 6) is -3.01. The van der Waals surface area contributed by atoms with Gasteiger partial charge in [-0.1, -0.05) is 32.0 Å². The minimum atomic E-state index is -2.85. The van der Waals surface area contributed by atoms with Gasteiger partial charge in [-0.3, -0.25) is 9.59 Å². The number of anilines is 1. The fourth-order valence-electron chi connectivity index (χ4n) is 3.18. The molecule has 8 heteroatoms. The van der Waals surface area contributed by atoms with Crippen LogP contribution in [0.2, 0.25) is 0 Å². The van der Waals surface area contributed by atoms with Gasteiger partial charge in [-0.15, -0.1) is 0 Å². The molecule has 0 spiro atoms. The third-order valence-corrected chi connectivity index (χ3v) is 4.90. The molecular weight excluding hydrogens is 358 g/mol. The first kappa shape index (κ1) is 20.8. The molecule has 27 heavy (non-hydrogen) atoms. The lowest BCUT2D eigenvalue weighted by Crippen LogP contribution is -2.45. The molecule has 1 aliphatic rings. The van der Waals surface area contributed by atoms with Crippen LogP contribution in [0.3, 0.4) is 0 Å². The highest BCUT2D eigenvalue weighted by molar-refractivity contribution is 6.01. The maximum Gasteiger partial charge on any atom is 0.326 e. The highest BCUT2D eigenvalue weighted by atomic mass is 19.3. The van der Waals surface area contributed by atoms with Crippen molar-refractivity contribution in [1.29, 1.82) is 0 Å². The standard InChI is InChI=1S/C19H24F2N2O4/c1-3-11(2)13-6-4-5-7-15(13)23-10-12(8-17(23)24)18(25)22-14(19(26)27)9-16(20)21/h4-7,11-12,14,16H,3,8-10H2,1-2H3,(H,22,25)(H,26,27). The zero-order valence-electron chi connectivity index (χ0n) is 15.3. The molecule has 0 aromatic heterocycles. The highest BCUT2D eigenvalue weighted by Gasteiger charge is 2.37. The van der Waals surface area contributed by atoms with E-state index in [0.29, 0.717) is 0 Å². The second kappa shape index (κ2) is 8.92. The number of hydrogen-bond donors (Lipinski definition) is 2.